The average Bonchev–Trinajstić information content (AvgIpc) is 3.15. The van der Waals surface area contributed by atoms with Crippen LogP contribution in [0, 0.1) is 0 Å². The van der Waals surface area contributed by atoms with Crippen LogP contribution in [-0.4, -0.2) is 48.4 Å². The molecule has 2 fully saturated rings. The summed E-state index contributed by atoms with van der Waals surface area (Å²) in [6.07, 6.45) is -3.15. The lowest BCUT2D eigenvalue weighted by Crippen LogP contribution is -2.55. The zero-order valence-electron chi connectivity index (χ0n) is 14.5. The second kappa shape index (κ2) is 7.25. The first-order valence-electron chi connectivity index (χ1n) is 8.71. The molecule has 4 rings (SSSR count). The first-order valence-corrected chi connectivity index (χ1v) is 9.59. The van der Waals surface area contributed by atoms with E-state index in [0.717, 1.165) is 19.2 Å². The third-order valence-corrected chi connectivity index (χ3v) is 5.52. The van der Waals surface area contributed by atoms with Gasteiger partial charge >= 0.3 is 6.18 Å². The largest absolute Gasteiger partial charge is 0.433 e. The predicted molar refractivity (Wildman–Crippen MR) is 94.4 cm³/mol. The van der Waals surface area contributed by atoms with Crippen molar-refractivity contribution in [3.63, 3.8) is 0 Å². The molecular formula is C17H19F3N4O2S. The highest BCUT2D eigenvalue weighted by Gasteiger charge is 2.39. The molecule has 4 heterocycles. The Labute approximate surface area is 158 Å². The molecule has 2 saturated heterocycles. The Morgan fingerprint density at radius 3 is 2.70 bits per heavy atom. The van der Waals surface area contributed by atoms with Gasteiger partial charge in [0.05, 0.1) is 12.2 Å². The quantitative estimate of drug-likeness (QED) is 0.853. The van der Waals surface area contributed by atoms with Gasteiger partial charge in [-0.1, -0.05) is 0 Å². The topological polar surface area (TPSA) is 59.5 Å². The Morgan fingerprint density at radius 1 is 1.26 bits per heavy atom. The lowest BCUT2D eigenvalue weighted by molar-refractivity contribution is -0.141. The summed E-state index contributed by atoms with van der Waals surface area (Å²) in [5.74, 6) is -0.0688. The van der Waals surface area contributed by atoms with Crippen molar-refractivity contribution in [3.05, 3.63) is 29.3 Å². The third-order valence-electron chi connectivity index (χ3n) is 4.77. The molecule has 2 aliphatic rings. The monoisotopic (exact) mass is 400 g/mol. The molecule has 0 saturated carbocycles. The third kappa shape index (κ3) is 4.17. The minimum atomic E-state index is -4.57. The molecule has 146 valence electrons. The molecule has 2 aliphatic heterocycles. The van der Waals surface area contributed by atoms with E-state index in [0.29, 0.717) is 37.6 Å². The van der Waals surface area contributed by atoms with Crippen molar-refractivity contribution in [3.8, 4) is 10.9 Å². The number of thiophene rings is 1. The van der Waals surface area contributed by atoms with Crippen LogP contribution in [0.4, 0.5) is 19.1 Å². The maximum atomic E-state index is 13.3. The fraction of sp³-hybridized carbons (Fsp3) is 0.529. The molecule has 0 radical (unpaired) electrons. The number of morpholine rings is 1. The van der Waals surface area contributed by atoms with E-state index in [4.69, 9.17) is 9.47 Å². The zero-order valence-corrected chi connectivity index (χ0v) is 15.3. The number of nitrogens with zero attached hydrogens (tertiary/aromatic N) is 3. The Kier molecular flexibility index (Phi) is 4.95. The highest BCUT2D eigenvalue weighted by Crippen LogP contribution is 2.35. The molecule has 0 unspecified atom stereocenters. The van der Waals surface area contributed by atoms with E-state index in [1.807, 2.05) is 0 Å². The summed E-state index contributed by atoms with van der Waals surface area (Å²) in [6.45, 7) is 3.30. The maximum Gasteiger partial charge on any atom is 0.433 e. The standard InChI is InChI=1S/C17H19F3N4O2S/c18-17(19,20)12-10-13(26-14-2-1-9-27-14)23-15(22-12)24-6-3-16(4-7-24)11-21-5-8-25-16/h1-2,9-10,21H,3-8,11H2. The summed E-state index contributed by atoms with van der Waals surface area (Å²) < 4.78 is 51.3. The molecule has 0 atom stereocenters. The van der Waals surface area contributed by atoms with Gasteiger partial charge in [-0.2, -0.15) is 18.2 Å². The summed E-state index contributed by atoms with van der Waals surface area (Å²) >= 11 is 1.29. The number of nitrogens with one attached hydrogen (secondary N) is 1. The minimum absolute atomic E-state index is 0.0370. The number of piperidine rings is 1. The van der Waals surface area contributed by atoms with Crippen LogP contribution in [0.5, 0.6) is 10.9 Å². The predicted octanol–water partition coefficient (Wildman–Crippen LogP) is 3.31. The summed E-state index contributed by atoms with van der Waals surface area (Å²) in [5, 5.41) is 5.58. The van der Waals surface area contributed by atoms with Gasteiger partial charge in [0.15, 0.2) is 10.8 Å². The highest BCUT2D eigenvalue weighted by atomic mass is 32.1. The van der Waals surface area contributed by atoms with E-state index >= 15 is 0 Å². The Bertz CT molecular complexity index is 769. The normalized spacial score (nSPS) is 20.0. The van der Waals surface area contributed by atoms with Crippen LogP contribution in [0.1, 0.15) is 18.5 Å². The molecule has 0 aromatic carbocycles. The number of anilines is 1. The number of ether oxygens (including phenoxy) is 2. The molecule has 0 amide bonds. The lowest BCUT2D eigenvalue weighted by Gasteiger charge is -2.44. The first kappa shape index (κ1) is 18.5. The minimum Gasteiger partial charge on any atom is -0.428 e. The first-order chi connectivity index (χ1) is 12.9. The number of rotatable bonds is 3. The summed E-state index contributed by atoms with van der Waals surface area (Å²) in [4.78, 5) is 9.73. The Balaban J connectivity index is 1.56. The maximum absolute atomic E-state index is 13.3. The van der Waals surface area contributed by atoms with Crippen LogP contribution in [-0.2, 0) is 10.9 Å². The van der Waals surface area contributed by atoms with Gasteiger partial charge < -0.3 is 19.7 Å². The summed E-state index contributed by atoms with van der Waals surface area (Å²) in [7, 11) is 0. The van der Waals surface area contributed by atoms with Crippen LogP contribution in [0.15, 0.2) is 23.6 Å². The van der Waals surface area contributed by atoms with E-state index < -0.39 is 11.9 Å². The molecule has 0 bridgehead atoms. The van der Waals surface area contributed by atoms with Gasteiger partial charge in [0.1, 0.15) is 0 Å². The zero-order chi connectivity index (χ0) is 18.9. The van der Waals surface area contributed by atoms with E-state index in [1.54, 1.807) is 22.4 Å². The SMILES string of the molecule is FC(F)(F)c1cc(Oc2cccs2)nc(N2CCC3(CC2)CNCCO3)n1. The second-order valence-corrected chi connectivity index (χ2v) is 7.53. The van der Waals surface area contributed by atoms with E-state index in [-0.39, 0.29) is 17.4 Å². The van der Waals surface area contributed by atoms with Gasteiger partial charge in [-0.3, -0.25) is 0 Å². The number of halogens is 3. The van der Waals surface area contributed by atoms with E-state index in [1.165, 1.54) is 11.3 Å². The molecule has 10 heteroatoms. The Hall–Kier alpha value is -1.91. The van der Waals surface area contributed by atoms with Crippen LogP contribution in [0.2, 0.25) is 0 Å². The molecule has 0 aliphatic carbocycles. The van der Waals surface area contributed by atoms with Crippen molar-refractivity contribution in [2.24, 2.45) is 0 Å². The van der Waals surface area contributed by atoms with Gasteiger partial charge in [0.2, 0.25) is 11.8 Å². The average molecular weight is 400 g/mol. The van der Waals surface area contributed by atoms with Gasteiger partial charge in [-0.15, -0.1) is 11.3 Å². The van der Waals surface area contributed by atoms with Crippen LogP contribution in [0.25, 0.3) is 0 Å². The number of hydrogen-bond acceptors (Lipinski definition) is 7. The van der Waals surface area contributed by atoms with Crippen LogP contribution < -0.4 is 15.0 Å². The van der Waals surface area contributed by atoms with Crippen molar-refractivity contribution in [1.29, 1.82) is 0 Å². The molecule has 2 aromatic heterocycles. The van der Waals surface area contributed by atoms with Gasteiger partial charge in [0, 0.05) is 32.2 Å². The van der Waals surface area contributed by atoms with Crippen molar-refractivity contribution >= 4 is 17.3 Å². The summed E-state index contributed by atoms with van der Waals surface area (Å²) in [5.41, 5.74) is -1.25. The van der Waals surface area contributed by atoms with E-state index in [9.17, 15) is 13.2 Å². The highest BCUT2D eigenvalue weighted by molar-refractivity contribution is 7.11. The van der Waals surface area contributed by atoms with Crippen LogP contribution in [0.3, 0.4) is 0 Å². The lowest BCUT2D eigenvalue weighted by atomic mass is 9.90. The van der Waals surface area contributed by atoms with Crippen molar-refractivity contribution in [2.45, 2.75) is 24.6 Å². The Morgan fingerprint density at radius 2 is 2.07 bits per heavy atom. The number of aromatic nitrogens is 2. The molecule has 27 heavy (non-hydrogen) atoms. The smallest absolute Gasteiger partial charge is 0.428 e. The van der Waals surface area contributed by atoms with E-state index in [2.05, 4.69) is 15.3 Å². The fourth-order valence-electron chi connectivity index (χ4n) is 3.32. The number of hydrogen-bond donors (Lipinski definition) is 1. The fourth-order valence-corrected chi connectivity index (χ4v) is 3.90. The van der Waals surface area contributed by atoms with Crippen molar-refractivity contribution in [1.82, 2.24) is 15.3 Å². The van der Waals surface area contributed by atoms with Gasteiger partial charge in [0.25, 0.3) is 0 Å². The van der Waals surface area contributed by atoms with Gasteiger partial charge in [-0.05, 0) is 30.4 Å². The van der Waals surface area contributed by atoms with Crippen LogP contribution >= 0.6 is 11.3 Å². The molecule has 2 aromatic rings. The van der Waals surface area contributed by atoms with Crippen molar-refractivity contribution < 1.29 is 22.6 Å². The molecule has 1 spiro atoms. The summed E-state index contributed by atoms with van der Waals surface area (Å²) in [6, 6.07) is 4.27. The van der Waals surface area contributed by atoms with Gasteiger partial charge in [-0.25, -0.2) is 4.98 Å². The number of alkyl halides is 3. The molecular weight excluding hydrogens is 381 g/mol. The van der Waals surface area contributed by atoms with Crippen molar-refractivity contribution in [2.75, 3.05) is 37.7 Å². The molecule has 1 N–H and O–H groups in total. The second-order valence-electron chi connectivity index (χ2n) is 6.62. The molecule has 6 nitrogen and oxygen atoms in total.